The van der Waals surface area contributed by atoms with Crippen molar-refractivity contribution in [3.63, 3.8) is 0 Å². The molecule has 0 aliphatic heterocycles. The Kier molecular flexibility index (Phi) is 4.31. The van der Waals surface area contributed by atoms with E-state index in [1.165, 1.54) is 11.8 Å². The van der Waals surface area contributed by atoms with E-state index in [2.05, 4.69) is 29.8 Å². The Bertz CT molecular complexity index is 458. The van der Waals surface area contributed by atoms with Crippen LogP contribution in [0.5, 0.6) is 0 Å². The standard InChI is InChI=1S/C15H19BrO2S/c1-3-14(4-2)9-15(10-14,13(17)18)19-12-7-5-11(16)6-8-12/h5-8H,3-4,9-10H2,1-2H3,(H,17,18). The number of aliphatic carboxylic acids is 1. The van der Waals surface area contributed by atoms with Crippen molar-refractivity contribution >= 4 is 33.7 Å². The fourth-order valence-electron chi connectivity index (χ4n) is 2.91. The minimum Gasteiger partial charge on any atom is -0.480 e. The second kappa shape index (κ2) is 5.49. The predicted molar refractivity (Wildman–Crippen MR) is 82.6 cm³/mol. The molecular formula is C15H19BrO2S. The van der Waals surface area contributed by atoms with Gasteiger partial charge in [-0.15, -0.1) is 11.8 Å². The van der Waals surface area contributed by atoms with Crippen LogP contribution in [0.4, 0.5) is 0 Å². The van der Waals surface area contributed by atoms with Gasteiger partial charge in [-0.3, -0.25) is 4.79 Å². The number of carbonyl (C=O) groups is 1. The van der Waals surface area contributed by atoms with Crippen LogP contribution < -0.4 is 0 Å². The fourth-order valence-corrected chi connectivity index (χ4v) is 4.74. The normalized spacial score (nSPS) is 19.7. The number of thioether (sulfide) groups is 1. The van der Waals surface area contributed by atoms with Gasteiger partial charge in [0.2, 0.25) is 0 Å². The molecule has 0 radical (unpaired) electrons. The second-order valence-electron chi connectivity index (χ2n) is 5.42. The topological polar surface area (TPSA) is 37.3 Å². The van der Waals surface area contributed by atoms with E-state index in [4.69, 9.17) is 0 Å². The van der Waals surface area contributed by atoms with Crippen molar-refractivity contribution in [3.05, 3.63) is 28.7 Å². The highest BCUT2D eigenvalue weighted by Gasteiger charge is 2.57. The van der Waals surface area contributed by atoms with Crippen molar-refractivity contribution in [2.24, 2.45) is 5.41 Å². The molecule has 1 saturated carbocycles. The highest BCUT2D eigenvalue weighted by molar-refractivity contribution is 9.10. The Morgan fingerprint density at radius 1 is 1.26 bits per heavy atom. The average Bonchev–Trinajstić information content (AvgIpc) is 2.35. The predicted octanol–water partition coefficient (Wildman–Crippen LogP) is 4.96. The van der Waals surface area contributed by atoms with Crippen molar-refractivity contribution in [2.75, 3.05) is 0 Å². The maximum atomic E-state index is 11.7. The molecule has 104 valence electrons. The maximum Gasteiger partial charge on any atom is 0.320 e. The molecule has 19 heavy (non-hydrogen) atoms. The summed E-state index contributed by atoms with van der Waals surface area (Å²) in [6.07, 6.45) is 3.70. The number of carboxylic acid groups (broad SMARTS) is 1. The zero-order valence-electron chi connectivity index (χ0n) is 11.3. The van der Waals surface area contributed by atoms with Crippen molar-refractivity contribution < 1.29 is 9.90 Å². The van der Waals surface area contributed by atoms with E-state index in [9.17, 15) is 9.90 Å². The Balaban J connectivity index is 2.15. The van der Waals surface area contributed by atoms with Gasteiger partial charge in [0.25, 0.3) is 0 Å². The van der Waals surface area contributed by atoms with E-state index in [1.807, 2.05) is 24.3 Å². The number of carboxylic acids is 1. The fraction of sp³-hybridized carbons (Fsp3) is 0.533. The zero-order chi connectivity index (χ0) is 14.1. The summed E-state index contributed by atoms with van der Waals surface area (Å²) in [6, 6.07) is 7.89. The molecule has 2 rings (SSSR count). The molecule has 0 atom stereocenters. The third-order valence-electron chi connectivity index (χ3n) is 4.34. The number of benzene rings is 1. The minimum absolute atomic E-state index is 0.237. The molecule has 0 heterocycles. The lowest BCUT2D eigenvalue weighted by Gasteiger charge is -2.53. The molecule has 1 aliphatic carbocycles. The molecule has 1 N–H and O–H groups in total. The van der Waals surface area contributed by atoms with E-state index in [1.54, 1.807) is 0 Å². The van der Waals surface area contributed by atoms with Gasteiger partial charge in [-0.2, -0.15) is 0 Å². The number of halogens is 1. The van der Waals surface area contributed by atoms with Crippen LogP contribution in [0.15, 0.2) is 33.6 Å². The van der Waals surface area contributed by atoms with Gasteiger partial charge in [0.15, 0.2) is 0 Å². The zero-order valence-corrected chi connectivity index (χ0v) is 13.7. The lowest BCUT2D eigenvalue weighted by Crippen LogP contribution is -2.54. The first-order valence-electron chi connectivity index (χ1n) is 6.63. The molecule has 1 fully saturated rings. The van der Waals surface area contributed by atoms with Crippen molar-refractivity contribution in [1.82, 2.24) is 0 Å². The highest BCUT2D eigenvalue weighted by Crippen LogP contribution is 2.60. The molecule has 0 unspecified atom stereocenters. The highest BCUT2D eigenvalue weighted by atomic mass is 79.9. The van der Waals surface area contributed by atoms with Crippen molar-refractivity contribution in [1.29, 1.82) is 0 Å². The molecule has 2 nitrogen and oxygen atoms in total. The summed E-state index contributed by atoms with van der Waals surface area (Å²) >= 11 is 4.91. The van der Waals surface area contributed by atoms with Gasteiger partial charge in [0.1, 0.15) is 4.75 Å². The van der Waals surface area contributed by atoms with Crippen LogP contribution in [-0.2, 0) is 4.79 Å². The molecular weight excluding hydrogens is 324 g/mol. The van der Waals surface area contributed by atoms with Crippen LogP contribution in [0.3, 0.4) is 0 Å². The molecule has 1 aromatic rings. The molecule has 0 amide bonds. The van der Waals surface area contributed by atoms with E-state index in [0.29, 0.717) is 0 Å². The molecule has 1 aromatic carbocycles. The van der Waals surface area contributed by atoms with E-state index >= 15 is 0 Å². The first-order valence-corrected chi connectivity index (χ1v) is 8.24. The smallest absolute Gasteiger partial charge is 0.320 e. The van der Waals surface area contributed by atoms with Crippen LogP contribution in [0.2, 0.25) is 0 Å². The van der Waals surface area contributed by atoms with Gasteiger partial charge in [-0.25, -0.2) is 0 Å². The molecule has 4 heteroatoms. The summed E-state index contributed by atoms with van der Waals surface area (Å²) in [4.78, 5) is 12.7. The van der Waals surface area contributed by atoms with Gasteiger partial charge < -0.3 is 5.11 Å². The Morgan fingerprint density at radius 3 is 2.21 bits per heavy atom. The van der Waals surface area contributed by atoms with Crippen LogP contribution in [0.25, 0.3) is 0 Å². The Hall–Kier alpha value is -0.480. The summed E-state index contributed by atoms with van der Waals surface area (Å²) in [5.41, 5.74) is 0.237. The first-order chi connectivity index (χ1) is 8.95. The van der Waals surface area contributed by atoms with E-state index < -0.39 is 10.7 Å². The first kappa shape index (κ1) is 14.9. The molecule has 1 aliphatic rings. The van der Waals surface area contributed by atoms with E-state index in [0.717, 1.165) is 35.1 Å². The Labute approximate surface area is 127 Å². The molecule has 0 aromatic heterocycles. The number of hydrogen-bond donors (Lipinski definition) is 1. The van der Waals surface area contributed by atoms with Gasteiger partial charge in [0.05, 0.1) is 0 Å². The van der Waals surface area contributed by atoms with Gasteiger partial charge in [0, 0.05) is 9.37 Å². The summed E-state index contributed by atoms with van der Waals surface area (Å²) < 4.78 is 0.395. The maximum absolute atomic E-state index is 11.7. The molecule has 0 spiro atoms. The van der Waals surface area contributed by atoms with Crippen molar-refractivity contribution in [2.45, 2.75) is 49.2 Å². The molecule has 0 bridgehead atoms. The van der Waals surface area contributed by atoms with Crippen LogP contribution in [-0.4, -0.2) is 15.8 Å². The summed E-state index contributed by atoms with van der Waals surface area (Å²) in [6.45, 7) is 4.33. The van der Waals surface area contributed by atoms with Crippen molar-refractivity contribution in [3.8, 4) is 0 Å². The summed E-state index contributed by atoms with van der Waals surface area (Å²) in [5.74, 6) is -0.669. The summed E-state index contributed by atoms with van der Waals surface area (Å²) in [7, 11) is 0. The number of rotatable bonds is 5. The largest absolute Gasteiger partial charge is 0.480 e. The quantitative estimate of drug-likeness (QED) is 0.821. The van der Waals surface area contributed by atoms with Crippen LogP contribution >= 0.6 is 27.7 Å². The minimum atomic E-state index is -0.669. The third kappa shape index (κ3) is 2.84. The average molecular weight is 343 g/mol. The summed E-state index contributed by atoms with van der Waals surface area (Å²) in [5, 5.41) is 9.59. The van der Waals surface area contributed by atoms with Crippen LogP contribution in [0, 0.1) is 5.41 Å². The van der Waals surface area contributed by atoms with Gasteiger partial charge in [-0.1, -0.05) is 42.6 Å². The van der Waals surface area contributed by atoms with Gasteiger partial charge >= 0.3 is 5.97 Å². The van der Waals surface area contributed by atoms with Gasteiger partial charge in [-0.05, 0) is 42.5 Å². The van der Waals surface area contributed by atoms with E-state index in [-0.39, 0.29) is 5.41 Å². The monoisotopic (exact) mass is 342 g/mol. The SMILES string of the molecule is CCC1(CC)CC(Sc2ccc(Br)cc2)(C(=O)O)C1. The lowest BCUT2D eigenvalue weighted by molar-refractivity contribution is -0.147. The lowest BCUT2D eigenvalue weighted by atomic mass is 9.58. The molecule has 0 saturated heterocycles. The second-order valence-corrected chi connectivity index (χ2v) is 7.79. The van der Waals surface area contributed by atoms with Crippen LogP contribution in [0.1, 0.15) is 39.5 Å². The number of hydrogen-bond acceptors (Lipinski definition) is 2. The Morgan fingerprint density at radius 2 is 1.79 bits per heavy atom. The third-order valence-corrected chi connectivity index (χ3v) is 6.23.